The van der Waals surface area contributed by atoms with E-state index >= 15 is 0 Å². The molecular formula is C26H36N2O4. The molecule has 0 aliphatic rings. The van der Waals surface area contributed by atoms with Gasteiger partial charge in [0.2, 0.25) is 0 Å². The van der Waals surface area contributed by atoms with Gasteiger partial charge in [0.05, 0.1) is 0 Å². The Balaban J connectivity index is 2.41. The number of carbonyl (C=O) groups excluding carboxylic acids is 2. The Morgan fingerprint density at radius 3 is 1.12 bits per heavy atom. The third kappa shape index (κ3) is 6.02. The Kier molecular flexibility index (Phi) is 8.70. The van der Waals surface area contributed by atoms with E-state index in [9.17, 15) is 9.59 Å². The van der Waals surface area contributed by atoms with Crippen molar-refractivity contribution in [3.05, 3.63) is 48.5 Å². The van der Waals surface area contributed by atoms with Crippen LogP contribution in [0.4, 0.5) is 9.59 Å². The van der Waals surface area contributed by atoms with Crippen LogP contribution < -0.4 is 9.47 Å². The van der Waals surface area contributed by atoms with Gasteiger partial charge in [-0.25, -0.2) is 9.59 Å². The Hall–Kier alpha value is -3.02. The van der Waals surface area contributed by atoms with Gasteiger partial charge in [0.1, 0.15) is 11.5 Å². The third-order valence-electron chi connectivity index (χ3n) is 5.11. The fourth-order valence-electron chi connectivity index (χ4n) is 3.89. The second-order valence-corrected chi connectivity index (χ2v) is 8.92. The summed E-state index contributed by atoms with van der Waals surface area (Å²) in [5.41, 5.74) is 1.36. The minimum absolute atomic E-state index is 0.000883. The highest BCUT2D eigenvalue weighted by molar-refractivity contribution is 5.82. The van der Waals surface area contributed by atoms with Crippen molar-refractivity contribution >= 4 is 12.2 Å². The molecule has 2 rings (SSSR count). The normalized spacial score (nSPS) is 11.2. The number of hydrogen-bond donors (Lipinski definition) is 0. The maximum absolute atomic E-state index is 12.9. The molecule has 0 saturated heterocycles. The van der Waals surface area contributed by atoms with Crippen LogP contribution in [0.2, 0.25) is 0 Å². The molecule has 6 heteroatoms. The lowest BCUT2D eigenvalue weighted by Crippen LogP contribution is -2.43. The van der Waals surface area contributed by atoms with E-state index in [-0.39, 0.29) is 24.2 Å². The largest absolute Gasteiger partial charge is 0.415 e. The summed E-state index contributed by atoms with van der Waals surface area (Å²) in [5.74, 6) is 0.828. The van der Waals surface area contributed by atoms with E-state index < -0.39 is 12.2 Å². The Labute approximate surface area is 192 Å². The topological polar surface area (TPSA) is 59.1 Å². The van der Waals surface area contributed by atoms with Gasteiger partial charge in [-0.05, 0) is 67.5 Å². The monoisotopic (exact) mass is 440 g/mol. The third-order valence-corrected chi connectivity index (χ3v) is 5.11. The zero-order chi connectivity index (χ0) is 24.0. The molecule has 0 aliphatic heterocycles. The number of benzene rings is 2. The molecular weight excluding hydrogens is 404 g/mol. The average molecular weight is 441 g/mol. The second-order valence-electron chi connectivity index (χ2n) is 8.92. The van der Waals surface area contributed by atoms with Crippen LogP contribution in [0.15, 0.2) is 48.5 Å². The minimum atomic E-state index is -0.414. The molecule has 0 radical (unpaired) electrons. The lowest BCUT2D eigenvalue weighted by Gasteiger charge is -2.30. The highest BCUT2D eigenvalue weighted by Crippen LogP contribution is 2.37. The Bertz CT molecular complexity index is 830. The van der Waals surface area contributed by atoms with Gasteiger partial charge >= 0.3 is 12.2 Å². The number of para-hydroxylation sites is 2. The van der Waals surface area contributed by atoms with Crippen molar-refractivity contribution in [3.63, 3.8) is 0 Å². The van der Waals surface area contributed by atoms with Gasteiger partial charge in [-0.15, -0.1) is 0 Å². The highest BCUT2D eigenvalue weighted by Gasteiger charge is 2.25. The predicted molar refractivity (Wildman–Crippen MR) is 128 cm³/mol. The molecule has 0 N–H and O–H groups in total. The summed E-state index contributed by atoms with van der Waals surface area (Å²) < 4.78 is 11.6. The van der Waals surface area contributed by atoms with Crippen LogP contribution in [-0.4, -0.2) is 46.2 Å². The fourth-order valence-corrected chi connectivity index (χ4v) is 3.89. The van der Waals surface area contributed by atoms with Gasteiger partial charge in [-0.1, -0.05) is 36.4 Å². The van der Waals surface area contributed by atoms with Crippen LogP contribution in [0, 0.1) is 0 Å². The zero-order valence-corrected chi connectivity index (χ0v) is 20.5. The lowest BCUT2D eigenvalue weighted by atomic mass is 10.0. The maximum atomic E-state index is 12.9. The number of nitrogens with zero attached hydrogens (tertiary/aromatic N) is 2. The van der Waals surface area contributed by atoms with Gasteiger partial charge < -0.3 is 19.3 Å². The first-order valence-electron chi connectivity index (χ1n) is 11.2. The maximum Gasteiger partial charge on any atom is 0.415 e. The van der Waals surface area contributed by atoms with E-state index in [4.69, 9.17) is 9.47 Å². The number of ether oxygens (including phenoxy) is 2. The summed E-state index contributed by atoms with van der Waals surface area (Å²) in [5, 5.41) is 0. The van der Waals surface area contributed by atoms with Crippen molar-refractivity contribution in [3.8, 4) is 22.6 Å². The molecule has 0 aliphatic carbocycles. The summed E-state index contributed by atoms with van der Waals surface area (Å²) >= 11 is 0. The van der Waals surface area contributed by atoms with Crippen LogP contribution in [-0.2, 0) is 0 Å². The SMILES string of the molecule is CC(C)N(C(=O)Oc1ccccc1-c1ccccc1OC(=O)N(C(C)C)C(C)C)C(C)C. The first-order valence-corrected chi connectivity index (χ1v) is 11.2. The summed E-state index contributed by atoms with van der Waals surface area (Å²) in [6.45, 7) is 15.6. The van der Waals surface area contributed by atoms with Crippen molar-refractivity contribution in [1.29, 1.82) is 0 Å². The van der Waals surface area contributed by atoms with E-state index in [1.165, 1.54) is 0 Å². The van der Waals surface area contributed by atoms with Crippen LogP contribution >= 0.6 is 0 Å². The zero-order valence-electron chi connectivity index (χ0n) is 20.5. The van der Waals surface area contributed by atoms with Crippen molar-refractivity contribution in [2.24, 2.45) is 0 Å². The predicted octanol–water partition coefficient (Wildman–Crippen LogP) is 6.59. The average Bonchev–Trinajstić information content (AvgIpc) is 2.67. The molecule has 0 heterocycles. The van der Waals surface area contributed by atoms with E-state index in [1.807, 2.05) is 91.8 Å². The molecule has 0 bridgehead atoms. The number of amides is 2. The van der Waals surface area contributed by atoms with Gasteiger partial charge in [0.25, 0.3) is 0 Å². The van der Waals surface area contributed by atoms with Crippen molar-refractivity contribution in [1.82, 2.24) is 9.80 Å². The molecule has 0 fully saturated rings. The summed E-state index contributed by atoms with van der Waals surface area (Å²) in [7, 11) is 0. The van der Waals surface area contributed by atoms with Gasteiger partial charge in [0, 0.05) is 35.3 Å². The van der Waals surface area contributed by atoms with Crippen molar-refractivity contribution < 1.29 is 19.1 Å². The van der Waals surface area contributed by atoms with Gasteiger partial charge in [0.15, 0.2) is 0 Å². The molecule has 6 nitrogen and oxygen atoms in total. The summed E-state index contributed by atoms with van der Waals surface area (Å²) in [6.07, 6.45) is -0.828. The lowest BCUT2D eigenvalue weighted by molar-refractivity contribution is 0.121. The Morgan fingerprint density at radius 1 is 0.562 bits per heavy atom. The number of carbonyl (C=O) groups is 2. The molecule has 0 aromatic heterocycles. The van der Waals surface area contributed by atoms with Crippen molar-refractivity contribution in [2.75, 3.05) is 0 Å². The van der Waals surface area contributed by atoms with E-state index in [0.717, 1.165) is 0 Å². The van der Waals surface area contributed by atoms with Crippen LogP contribution in [0.3, 0.4) is 0 Å². The van der Waals surface area contributed by atoms with Crippen LogP contribution in [0.1, 0.15) is 55.4 Å². The fraction of sp³-hybridized carbons (Fsp3) is 0.462. The van der Waals surface area contributed by atoms with Gasteiger partial charge in [-0.2, -0.15) is 0 Å². The van der Waals surface area contributed by atoms with E-state index in [1.54, 1.807) is 21.9 Å². The first kappa shape index (κ1) is 25.2. The summed E-state index contributed by atoms with van der Waals surface area (Å²) in [6, 6.07) is 14.6. The number of rotatable bonds is 7. The molecule has 0 unspecified atom stereocenters. The number of hydrogen-bond acceptors (Lipinski definition) is 4. The minimum Gasteiger partial charge on any atom is -0.410 e. The highest BCUT2D eigenvalue weighted by atomic mass is 16.6. The summed E-state index contributed by atoms with van der Waals surface area (Å²) in [4.78, 5) is 29.2. The van der Waals surface area contributed by atoms with Crippen molar-refractivity contribution in [2.45, 2.75) is 79.6 Å². The molecule has 2 amide bonds. The Morgan fingerprint density at radius 2 is 0.844 bits per heavy atom. The molecule has 2 aromatic carbocycles. The molecule has 32 heavy (non-hydrogen) atoms. The molecule has 2 aromatic rings. The van der Waals surface area contributed by atoms with E-state index in [2.05, 4.69) is 0 Å². The first-order chi connectivity index (χ1) is 15.0. The smallest absolute Gasteiger partial charge is 0.410 e. The van der Waals surface area contributed by atoms with Gasteiger partial charge in [-0.3, -0.25) is 0 Å². The molecule has 174 valence electrons. The molecule has 0 atom stereocenters. The quantitative estimate of drug-likeness (QED) is 0.487. The molecule has 0 spiro atoms. The van der Waals surface area contributed by atoms with Crippen LogP contribution in [0.25, 0.3) is 11.1 Å². The van der Waals surface area contributed by atoms with E-state index in [0.29, 0.717) is 22.6 Å². The van der Waals surface area contributed by atoms with Crippen LogP contribution in [0.5, 0.6) is 11.5 Å². The standard InChI is InChI=1S/C26H36N2O4/c1-17(2)27(18(3)4)25(29)31-23-15-11-9-13-21(23)22-14-10-12-16-24(22)32-26(30)28(19(5)6)20(7)8/h9-20H,1-8H3. The second kappa shape index (κ2) is 11.0. The molecule has 0 saturated carbocycles.